The number of para-hydroxylation sites is 2. The fourth-order valence-electron chi connectivity index (χ4n) is 5.19. The minimum Gasteiger partial charge on any atom is -0.491 e. The molecule has 2 aromatic carbocycles. The van der Waals surface area contributed by atoms with E-state index in [-0.39, 0.29) is 18.0 Å². The maximum absolute atomic E-state index is 12.6. The summed E-state index contributed by atoms with van der Waals surface area (Å²) >= 11 is 0. The van der Waals surface area contributed by atoms with Crippen molar-refractivity contribution >= 4 is 28.6 Å². The second-order valence-electron chi connectivity index (χ2n) is 9.16. The summed E-state index contributed by atoms with van der Waals surface area (Å²) in [6.45, 7) is 3.89. The first-order valence-electron chi connectivity index (χ1n) is 11.9. The largest absolute Gasteiger partial charge is 0.491 e. The Labute approximate surface area is 202 Å². The molecule has 9 nitrogen and oxygen atoms in total. The fourth-order valence-corrected chi connectivity index (χ4v) is 5.19. The Morgan fingerprint density at radius 1 is 1.20 bits per heavy atom. The third-order valence-corrected chi connectivity index (χ3v) is 6.86. The van der Waals surface area contributed by atoms with Crippen molar-refractivity contribution in [3.05, 3.63) is 71.7 Å². The van der Waals surface area contributed by atoms with Crippen LogP contribution in [-0.4, -0.2) is 51.9 Å². The minimum atomic E-state index is -0.159. The highest BCUT2D eigenvalue weighted by Crippen LogP contribution is 2.42. The number of urea groups is 1. The second kappa shape index (κ2) is 8.90. The second-order valence-corrected chi connectivity index (χ2v) is 9.16. The molecule has 2 aliphatic heterocycles. The number of fused-ring (bicyclic) bond motifs is 3. The van der Waals surface area contributed by atoms with E-state index in [4.69, 9.17) is 4.74 Å². The standard InChI is InChI=1S/C26H27N7O2/c1-16-5-4-6-17-11-19(14-35-23(16)17)31-26(34)27-10-9-18-13-33(22-8-3-2-7-20(18)22)25-21-12-30-32-24(21)28-15-29-25/h2-8,12,15,18-19H,9-11,13-14H2,1H3,(H2,27,31,34)(H,28,29,30,32). The van der Waals surface area contributed by atoms with Crippen LogP contribution in [0.2, 0.25) is 0 Å². The zero-order chi connectivity index (χ0) is 23.8. The smallest absolute Gasteiger partial charge is 0.315 e. The average Bonchev–Trinajstić information content (AvgIpc) is 3.49. The summed E-state index contributed by atoms with van der Waals surface area (Å²) in [7, 11) is 0. The molecule has 0 bridgehead atoms. The van der Waals surface area contributed by atoms with Crippen molar-refractivity contribution in [2.75, 3.05) is 24.6 Å². The van der Waals surface area contributed by atoms with Crippen LogP contribution in [-0.2, 0) is 6.42 Å². The molecule has 4 aromatic rings. The van der Waals surface area contributed by atoms with Crippen molar-refractivity contribution in [3.8, 4) is 5.75 Å². The highest BCUT2D eigenvalue weighted by Gasteiger charge is 2.31. The monoisotopic (exact) mass is 469 g/mol. The number of benzene rings is 2. The predicted molar refractivity (Wildman–Crippen MR) is 133 cm³/mol. The number of anilines is 2. The van der Waals surface area contributed by atoms with E-state index in [1.807, 2.05) is 25.1 Å². The van der Waals surface area contributed by atoms with Crippen molar-refractivity contribution in [2.24, 2.45) is 0 Å². The Morgan fingerprint density at radius 2 is 2.11 bits per heavy atom. The molecular weight excluding hydrogens is 442 g/mol. The first kappa shape index (κ1) is 21.4. The molecule has 0 spiro atoms. The van der Waals surface area contributed by atoms with E-state index in [2.05, 4.69) is 60.0 Å². The summed E-state index contributed by atoms with van der Waals surface area (Å²) in [5.74, 6) is 2.07. The lowest BCUT2D eigenvalue weighted by atomic mass is 9.98. The zero-order valence-electron chi connectivity index (χ0n) is 19.5. The molecule has 9 heteroatoms. The third kappa shape index (κ3) is 4.03. The number of hydrogen-bond acceptors (Lipinski definition) is 6. The first-order valence-corrected chi connectivity index (χ1v) is 11.9. The molecule has 2 aliphatic rings. The van der Waals surface area contributed by atoms with E-state index < -0.39 is 0 Å². The van der Waals surface area contributed by atoms with Crippen LogP contribution in [0.25, 0.3) is 11.0 Å². The van der Waals surface area contributed by atoms with Gasteiger partial charge in [-0.05, 0) is 42.5 Å². The van der Waals surface area contributed by atoms with E-state index in [1.54, 1.807) is 12.5 Å². The van der Waals surface area contributed by atoms with E-state index in [1.165, 1.54) is 5.56 Å². The molecule has 3 N–H and O–H groups in total. The summed E-state index contributed by atoms with van der Waals surface area (Å²) in [6.07, 6.45) is 4.92. The van der Waals surface area contributed by atoms with Gasteiger partial charge >= 0.3 is 6.03 Å². The van der Waals surface area contributed by atoms with Gasteiger partial charge in [-0.15, -0.1) is 0 Å². The van der Waals surface area contributed by atoms with E-state index >= 15 is 0 Å². The number of nitrogens with one attached hydrogen (secondary N) is 3. The number of nitrogens with zero attached hydrogens (tertiary/aromatic N) is 4. The number of carbonyl (C=O) groups is 1. The van der Waals surface area contributed by atoms with Gasteiger partial charge in [0.25, 0.3) is 0 Å². The molecule has 35 heavy (non-hydrogen) atoms. The lowest BCUT2D eigenvalue weighted by molar-refractivity contribution is 0.214. The zero-order valence-corrected chi connectivity index (χ0v) is 19.5. The molecule has 0 aliphatic carbocycles. The molecular formula is C26H27N7O2. The van der Waals surface area contributed by atoms with Gasteiger partial charge in [-0.2, -0.15) is 5.10 Å². The molecule has 6 rings (SSSR count). The van der Waals surface area contributed by atoms with Gasteiger partial charge in [0.1, 0.15) is 24.5 Å². The lowest BCUT2D eigenvalue weighted by Gasteiger charge is -2.27. The minimum absolute atomic E-state index is 0.0397. The van der Waals surface area contributed by atoms with Crippen molar-refractivity contribution in [1.82, 2.24) is 30.8 Å². The Morgan fingerprint density at radius 3 is 3.06 bits per heavy atom. The molecule has 4 heterocycles. The van der Waals surface area contributed by atoms with Crippen LogP contribution >= 0.6 is 0 Å². The van der Waals surface area contributed by atoms with Crippen molar-refractivity contribution < 1.29 is 9.53 Å². The summed E-state index contributed by atoms with van der Waals surface area (Å²) in [4.78, 5) is 23.6. The Kier molecular flexibility index (Phi) is 5.44. The van der Waals surface area contributed by atoms with Crippen LogP contribution < -0.4 is 20.3 Å². The van der Waals surface area contributed by atoms with Crippen LogP contribution in [0.1, 0.15) is 29.0 Å². The Balaban J connectivity index is 1.08. The number of H-pyrrole nitrogens is 1. The number of hydrogen-bond donors (Lipinski definition) is 3. The number of aryl methyl sites for hydroxylation is 1. The SMILES string of the molecule is Cc1cccc2c1OCC(NC(=O)NCCC1CN(c3ncnc4[nH]ncc34)c3ccccc31)C2. The van der Waals surface area contributed by atoms with Gasteiger partial charge in [0.05, 0.1) is 17.6 Å². The third-order valence-electron chi connectivity index (χ3n) is 6.86. The summed E-state index contributed by atoms with van der Waals surface area (Å²) < 4.78 is 5.91. The summed E-state index contributed by atoms with van der Waals surface area (Å²) in [5.41, 5.74) is 5.39. The molecule has 2 aromatic heterocycles. The van der Waals surface area contributed by atoms with Gasteiger partial charge in [-0.1, -0.05) is 36.4 Å². The Hall–Kier alpha value is -4.14. The normalized spacial score (nSPS) is 18.6. The highest BCUT2D eigenvalue weighted by atomic mass is 16.5. The van der Waals surface area contributed by atoms with Gasteiger partial charge in [0.2, 0.25) is 0 Å². The quantitative estimate of drug-likeness (QED) is 0.412. The van der Waals surface area contributed by atoms with E-state index in [0.29, 0.717) is 13.2 Å². The maximum atomic E-state index is 12.6. The first-order chi connectivity index (χ1) is 17.2. The van der Waals surface area contributed by atoms with Gasteiger partial charge in [-0.3, -0.25) is 5.10 Å². The Bertz CT molecular complexity index is 1390. The fraction of sp³-hybridized carbons (Fsp3) is 0.308. The lowest BCUT2D eigenvalue weighted by Crippen LogP contribution is -2.47. The topological polar surface area (TPSA) is 108 Å². The number of ether oxygens (including phenoxy) is 1. The molecule has 178 valence electrons. The molecule has 0 fully saturated rings. The van der Waals surface area contributed by atoms with Crippen LogP contribution in [0.5, 0.6) is 5.75 Å². The molecule has 2 amide bonds. The van der Waals surface area contributed by atoms with Crippen LogP contribution in [0, 0.1) is 6.92 Å². The van der Waals surface area contributed by atoms with Gasteiger partial charge in [0, 0.05) is 24.7 Å². The molecule has 2 atom stereocenters. The van der Waals surface area contributed by atoms with Crippen LogP contribution in [0.4, 0.5) is 16.3 Å². The molecule has 0 saturated heterocycles. The van der Waals surface area contributed by atoms with Gasteiger partial charge in [0.15, 0.2) is 5.65 Å². The van der Waals surface area contributed by atoms with E-state index in [9.17, 15) is 4.79 Å². The van der Waals surface area contributed by atoms with E-state index in [0.717, 1.165) is 58.8 Å². The maximum Gasteiger partial charge on any atom is 0.315 e. The van der Waals surface area contributed by atoms with Gasteiger partial charge < -0.3 is 20.3 Å². The number of aromatic amines is 1. The van der Waals surface area contributed by atoms with Crippen LogP contribution in [0.15, 0.2) is 55.0 Å². The summed E-state index contributed by atoms with van der Waals surface area (Å²) in [5, 5.41) is 14.0. The van der Waals surface area contributed by atoms with Crippen LogP contribution in [0.3, 0.4) is 0 Å². The van der Waals surface area contributed by atoms with Crippen molar-refractivity contribution in [2.45, 2.75) is 31.7 Å². The molecule has 0 saturated carbocycles. The van der Waals surface area contributed by atoms with Gasteiger partial charge in [-0.25, -0.2) is 14.8 Å². The average molecular weight is 470 g/mol. The predicted octanol–water partition coefficient (Wildman–Crippen LogP) is 3.59. The number of amides is 2. The van der Waals surface area contributed by atoms with Crippen molar-refractivity contribution in [3.63, 3.8) is 0 Å². The number of carbonyl (C=O) groups excluding carboxylic acids is 1. The highest BCUT2D eigenvalue weighted by molar-refractivity contribution is 5.90. The molecule has 0 radical (unpaired) electrons. The molecule has 2 unspecified atom stereocenters. The number of aromatic nitrogens is 4. The summed E-state index contributed by atoms with van der Waals surface area (Å²) in [6, 6.07) is 14.3. The van der Waals surface area contributed by atoms with Crippen molar-refractivity contribution in [1.29, 1.82) is 0 Å². The number of rotatable bonds is 5.